The number of carbonyl (C=O) groups is 1. The summed E-state index contributed by atoms with van der Waals surface area (Å²) >= 11 is 0. The van der Waals surface area contributed by atoms with Crippen LogP contribution in [0, 0.1) is 5.41 Å². The van der Waals surface area contributed by atoms with Gasteiger partial charge >= 0.3 is 0 Å². The van der Waals surface area contributed by atoms with Crippen LogP contribution in [0.3, 0.4) is 0 Å². The zero-order valence-corrected chi connectivity index (χ0v) is 20.2. The van der Waals surface area contributed by atoms with Gasteiger partial charge in [0.15, 0.2) is 5.78 Å². The van der Waals surface area contributed by atoms with Crippen LogP contribution in [0.1, 0.15) is 28.9 Å². The minimum Gasteiger partial charge on any atom is -0.357 e. The fourth-order valence-electron chi connectivity index (χ4n) is 5.53. The van der Waals surface area contributed by atoms with Gasteiger partial charge in [-0.1, -0.05) is 0 Å². The third-order valence-electron chi connectivity index (χ3n) is 7.40. The molecule has 35 heavy (non-hydrogen) atoms. The van der Waals surface area contributed by atoms with Crippen LogP contribution in [0.5, 0.6) is 0 Å². The molecule has 1 spiro atoms. The van der Waals surface area contributed by atoms with E-state index in [4.69, 9.17) is 4.98 Å². The van der Waals surface area contributed by atoms with E-state index in [1.54, 1.807) is 29.3 Å². The molecule has 0 N–H and O–H groups in total. The van der Waals surface area contributed by atoms with Gasteiger partial charge in [-0.05, 0) is 55.6 Å². The van der Waals surface area contributed by atoms with Gasteiger partial charge in [-0.2, -0.15) is 5.10 Å². The van der Waals surface area contributed by atoms with Gasteiger partial charge < -0.3 is 9.80 Å². The number of ketones is 1. The molecular weight excluding hydrogens is 438 g/mol. The van der Waals surface area contributed by atoms with Crippen molar-refractivity contribution in [2.45, 2.75) is 19.3 Å². The van der Waals surface area contributed by atoms with Crippen molar-refractivity contribution in [2.24, 2.45) is 12.5 Å². The molecule has 2 saturated heterocycles. The van der Waals surface area contributed by atoms with E-state index in [0.29, 0.717) is 16.7 Å². The number of likely N-dealkylation sites (tertiary alicyclic amines) is 1. The molecule has 0 bridgehead atoms. The number of hydrogen-bond donors (Lipinski definition) is 0. The second-order valence-corrected chi connectivity index (χ2v) is 10.1. The highest BCUT2D eigenvalue weighted by Crippen LogP contribution is 2.40. The van der Waals surface area contributed by atoms with E-state index in [9.17, 15) is 4.79 Å². The molecular formula is C27H29N7O. The first-order valence-electron chi connectivity index (χ1n) is 12.1. The fourth-order valence-corrected chi connectivity index (χ4v) is 5.53. The standard InChI is InChI=1S/C27H29N7O/c1-32-17-27(18-32)6-9-34(10-7-27)26-11-19(5-8-28-26)25(35)13-22-12-24-20(14-29-22)3-4-23(31-24)21-15-30-33(2)16-21/h3-5,8,11-12,14-16H,6-7,9-10,13,17-18H2,1-2H3. The molecule has 0 aliphatic carbocycles. The Morgan fingerprint density at radius 2 is 1.86 bits per heavy atom. The zero-order chi connectivity index (χ0) is 24.0. The maximum Gasteiger partial charge on any atom is 0.169 e. The number of carbonyl (C=O) groups excluding carboxylic acids is 1. The minimum absolute atomic E-state index is 0.0398. The molecule has 6 rings (SSSR count). The first-order valence-corrected chi connectivity index (χ1v) is 12.1. The lowest BCUT2D eigenvalue weighted by molar-refractivity contribution is 0.00121. The van der Waals surface area contributed by atoms with E-state index in [0.717, 1.165) is 41.1 Å². The van der Waals surface area contributed by atoms with Gasteiger partial charge in [-0.3, -0.25) is 14.5 Å². The number of nitrogens with zero attached hydrogens (tertiary/aromatic N) is 7. The number of piperidine rings is 1. The van der Waals surface area contributed by atoms with Crippen molar-refractivity contribution in [1.82, 2.24) is 29.6 Å². The van der Waals surface area contributed by atoms with Crippen LogP contribution >= 0.6 is 0 Å². The number of hydrogen-bond acceptors (Lipinski definition) is 7. The second kappa shape index (κ2) is 8.53. The van der Waals surface area contributed by atoms with E-state index in [1.165, 1.54) is 25.9 Å². The number of aryl methyl sites for hydroxylation is 1. The molecule has 0 amide bonds. The Morgan fingerprint density at radius 1 is 1.03 bits per heavy atom. The van der Waals surface area contributed by atoms with Gasteiger partial charge in [0.1, 0.15) is 5.82 Å². The molecule has 6 heterocycles. The molecule has 0 atom stereocenters. The molecule has 2 fully saturated rings. The number of rotatable bonds is 5. The lowest BCUT2D eigenvalue weighted by atomic mass is 9.72. The van der Waals surface area contributed by atoms with E-state index >= 15 is 0 Å². The molecule has 178 valence electrons. The third kappa shape index (κ3) is 4.30. The first-order chi connectivity index (χ1) is 17.0. The number of anilines is 1. The third-order valence-corrected chi connectivity index (χ3v) is 7.40. The van der Waals surface area contributed by atoms with Crippen molar-refractivity contribution in [2.75, 3.05) is 38.1 Å². The molecule has 4 aromatic rings. The van der Waals surface area contributed by atoms with Gasteiger partial charge in [0.25, 0.3) is 0 Å². The Balaban J connectivity index is 1.17. The van der Waals surface area contributed by atoms with Crippen LogP contribution in [0.25, 0.3) is 22.2 Å². The van der Waals surface area contributed by atoms with Crippen LogP contribution in [-0.2, 0) is 13.5 Å². The van der Waals surface area contributed by atoms with E-state index in [2.05, 4.69) is 31.9 Å². The van der Waals surface area contributed by atoms with Crippen LogP contribution in [0.4, 0.5) is 5.82 Å². The normalized spacial score (nSPS) is 17.6. The van der Waals surface area contributed by atoms with Gasteiger partial charge in [-0.15, -0.1) is 0 Å². The minimum atomic E-state index is 0.0398. The van der Waals surface area contributed by atoms with Crippen LogP contribution in [-0.4, -0.2) is 68.6 Å². The van der Waals surface area contributed by atoms with Crippen molar-refractivity contribution >= 4 is 22.5 Å². The first kappa shape index (κ1) is 21.9. The summed E-state index contributed by atoms with van der Waals surface area (Å²) in [5.41, 5.74) is 4.52. The summed E-state index contributed by atoms with van der Waals surface area (Å²) in [5, 5.41) is 5.18. The Morgan fingerprint density at radius 3 is 2.60 bits per heavy atom. The van der Waals surface area contributed by atoms with Crippen molar-refractivity contribution in [3.63, 3.8) is 0 Å². The quantitative estimate of drug-likeness (QED) is 0.416. The fraction of sp³-hybridized carbons (Fsp3) is 0.370. The van der Waals surface area contributed by atoms with Crippen molar-refractivity contribution in [1.29, 1.82) is 0 Å². The van der Waals surface area contributed by atoms with Crippen LogP contribution in [0.2, 0.25) is 0 Å². The van der Waals surface area contributed by atoms with Gasteiger partial charge in [-0.25, -0.2) is 9.97 Å². The SMILES string of the molecule is CN1CC2(CCN(c3cc(C(=O)Cc4cc5nc(-c6cnn(C)c6)ccc5cn4)ccn3)CC2)C1. The molecule has 0 unspecified atom stereocenters. The topological polar surface area (TPSA) is 80.0 Å². The summed E-state index contributed by atoms with van der Waals surface area (Å²) in [4.78, 5) is 31.7. The summed E-state index contributed by atoms with van der Waals surface area (Å²) < 4.78 is 1.76. The lowest BCUT2D eigenvalue weighted by Gasteiger charge is -2.53. The van der Waals surface area contributed by atoms with Crippen molar-refractivity contribution in [3.05, 3.63) is 66.4 Å². The molecule has 8 heteroatoms. The average molecular weight is 468 g/mol. The molecule has 2 aliphatic heterocycles. The van der Waals surface area contributed by atoms with E-state index < -0.39 is 0 Å². The Bertz CT molecular complexity index is 1400. The molecule has 4 aromatic heterocycles. The molecule has 2 aliphatic rings. The Kier molecular flexibility index (Phi) is 5.33. The lowest BCUT2D eigenvalue weighted by Crippen LogP contribution is -2.58. The monoisotopic (exact) mass is 467 g/mol. The maximum absolute atomic E-state index is 13.1. The largest absolute Gasteiger partial charge is 0.357 e. The predicted molar refractivity (Wildman–Crippen MR) is 135 cm³/mol. The Hall–Kier alpha value is -3.65. The molecule has 0 radical (unpaired) electrons. The van der Waals surface area contributed by atoms with E-state index in [-0.39, 0.29) is 12.2 Å². The maximum atomic E-state index is 13.1. The van der Waals surface area contributed by atoms with Gasteiger partial charge in [0.05, 0.1) is 29.5 Å². The zero-order valence-electron chi connectivity index (χ0n) is 20.2. The summed E-state index contributed by atoms with van der Waals surface area (Å²) in [5.74, 6) is 0.936. The molecule has 0 aromatic carbocycles. The number of aromatic nitrogens is 5. The molecule has 0 saturated carbocycles. The van der Waals surface area contributed by atoms with Crippen LogP contribution in [0.15, 0.2) is 55.1 Å². The summed E-state index contributed by atoms with van der Waals surface area (Å²) in [7, 11) is 4.08. The second-order valence-electron chi connectivity index (χ2n) is 10.1. The predicted octanol–water partition coefficient (Wildman–Crippen LogP) is 3.38. The highest BCUT2D eigenvalue weighted by molar-refractivity contribution is 5.98. The van der Waals surface area contributed by atoms with Gasteiger partial charge in [0.2, 0.25) is 0 Å². The number of Topliss-reactive ketones (excluding diaryl/α,β-unsaturated/α-hetero) is 1. The van der Waals surface area contributed by atoms with Crippen molar-refractivity contribution in [3.8, 4) is 11.3 Å². The summed E-state index contributed by atoms with van der Waals surface area (Å²) in [6.45, 7) is 4.39. The highest BCUT2D eigenvalue weighted by Gasteiger charge is 2.43. The average Bonchev–Trinajstić information content (AvgIpc) is 3.29. The van der Waals surface area contributed by atoms with Crippen LogP contribution < -0.4 is 4.90 Å². The smallest absolute Gasteiger partial charge is 0.169 e. The van der Waals surface area contributed by atoms with Crippen molar-refractivity contribution < 1.29 is 4.79 Å². The highest BCUT2D eigenvalue weighted by atomic mass is 16.1. The summed E-state index contributed by atoms with van der Waals surface area (Å²) in [6, 6.07) is 9.62. The van der Waals surface area contributed by atoms with E-state index in [1.807, 2.05) is 37.5 Å². The Labute approximate surface area is 204 Å². The molecule has 8 nitrogen and oxygen atoms in total. The van der Waals surface area contributed by atoms with Gasteiger partial charge in [0, 0.05) is 68.3 Å². The number of fused-ring (bicyclic) bond motifs is 1. The summed E-state index contributed by atoms with van der Waals surface area (Å²) in [6.07, 6.45) is 9.88. The number of pyridine rings is 3.